The lowest BCUT2D eigenvalue weighted by molar-refractivity contribution is -0.385. The number of nitrogens with zero attached hydrogens (tertiary/aromatic N) is 1. The van der Waals surface area contributed by atoms with E-state index in [1.807, 2.05) is 0 Å². The highest BCUT2D eigenvalue weighted by molar-refractivity contribution is 9.10. The molecule has 1 aromatic carbocycles. The Balaban J connectivity index is 3.38. The Morgan fingerprint density at radius 2 is 1.77 bits per heavy atom. The molecule has 0 aliphatic carbocycles. The minimum atomic E-state index is -0.893. The van der Waals surface area contributed by atoms with Gasteiger partial charge in [0, 0.05) is 10.5 Å². The van der Waals surface area contributed by atoms with Gasteiger partial charge in [0.05, 0.1) is 23.7 Å². The van der Waals surface area contributed by atoms with Crippen molar-refractivity contribution >= 4 is 39.6 Å². The third-order valence-corrected chi connectivity index (χ3v) is 2.97. The highest BCUT2D eigenvalue weighted by Crippen LogP contribution is 2.25. The summed E-state index contributed by atoms with van der Waals surface area (Å²) in [7, 11) is 0. The van der Waals surface area contributed by atoms with Gasteiger partial charge in [0.15, 0.2) is 0 Å². The van der Waals surface area contributed by atoms with Crippen LogP contribution in [-0.4, -0.2) is 30.1 Å². The monoisotopic (exact) mass is 371 g/mol. The van der Waals surface area contributed by atoms with Gasteiger partial charge in [-0.3, -0.25) is 10.1 Å². The first-order chi connectivity index (χ1) is 10.4. The smallest absolute Gasteiger partial charge is 0.345 e. The third kappa shape index (κ3) is 4.66. The number of esters is 2. The fraction of sp³-hybridized carbons (Fsp3) is 0.286. The fourth-order valence-corrected chi connectivity index (χ4v) is 1.96. The number of carbonyl (C=O) groups is 2. The molecule has 0 saturated heterocycles. The van der Waals surface area contributed by atoms with Gasteiger partial charge in [-0.2, -0.15) is 0 Å². The predicted molar refractivity (Wildman–Crippen MR) is 82.0 cm³/mol. The average Bonchev–Trinajstić information content (AvgIpc) is 2.44. The molecule has 22 heavy (non-hydrogen) atoms. The molecule has 0 heterocycles. The summed E-state index contributed by atoms with van der Waals surface area (Å²) in [6.07, 6.45) is 1.10. The van der Waals surface area contributed by atoms with E-state index in [9.17, 15) is 19.7 Å². The topological polar surface area (TPSA) is 95.7 Å². The number of hydrogen-bond acceptors (Lipinski definition) is 6. The molecule has 0 aliphatic rings. The Kier molecular flexibility index (Phi) is 6.71. The van der Waals surface area contributed by atoms with Crippen LogP contribution >= 0.6 is 15.9 Å². The van der Waals surface area contributed by atoms with Crippen molar-refractivity contribution in [1.29, 1.82) is 0 Å². The Morgan fingerprint density at radius 3 is 2.23 bits per heavy atom. The van der Waals surface area contributed by atoms with Crippen LogP contribution in [0, 0.1) is 10.1 Å². The molecule has 0 N–H and O–H groups in total. The number of hydrogen-bond donors (Lipinski definition) is 0. The summed E-state index contributed by atoms with van der Waals surface area (Å²) in [5.74, 6) is -1.79. The van der Waals surface area contributed by atoms with Gasteiger partial charge in [-0.05, 0) is 32.1 Å². The summed E-state index contributed by atoms with van der Waals surface area (Å²) in [6.45, 7) is 3.30. The molecule has 1 rings (SSSR count). The maximum atomic E-state index is 11.9. The third-order valence-electron chi connectivity index (χ3n) is 2.48. The number of nitro groups is 1. The summed E-state index contributed by atoms with van der Waals surface area (Å²) in [6, 6.07) is 4.18. The largest absolute Gasteiger partial charge is 0.462 e. The van der Waals surface area contributed by atoms with Crippen molar-refractivity contribution in [3.63, 3.8) is 0 Å². The summed E-state index contributed by atoms with van der Waals surface area (Å²) in [5, 5.41) is 11.0. The summed E-state index contributed by atoms with van der Waals surface area (Å²) < 4.78 is 10.1. The van der Waals surface area contributed by atoms with E-state index in [-0.39, 0.29) is 24.5 Å². The van der Waals surface area contributed by atoms with Gasteiger partial charge >= 0.3 is 11.9 Å². The summed E-state index contributed by atoms with van der Waals surface area (Å²) in [4.78, 5) is 34.1. The Morgan fingerprint density at radius 1 is 1.23 bits per heavy atom. The molecular weight excluding hydrogens is 358 g/mol. The first kappa shape index (κ1) is 17.8. The van der Waals surface area contributed by atoms with E-state index in [0.29, 0.717) is 4.47 Å². The van der Waals surface area contributed by atoms with Crippen molar-refractivity contribution in [3.05, 3.63) is 43.9 Å². The maximum Gasteiger partial charge on any atom is 0.345 e. The molecule has 118 valence electrons. The van der Waals surface area contributed by atoms with Crippen LogP contribution in [0.5, 0.6) is 0 Å². The number of carbonyl (C=O) groups excluding carboxylic acids is 2. The van der Waals surface area contributed by atoms with Crippen LogP contribution in [0.3, 0.4) is 0 Å². The van der Waals surface area contributed by atoms with Crippen LogP contribution in [0.2, 0.25) is 0 Å². The van der Waals surface area contributed by atoms with Gasteiger partial charge in [0.1, 0.15) is 5.57 Å². The van der Waals surface area contributed by atoms with Crippen LogP contribution < -0.4 is 0 Å². The van der Waals surface area contributed by atoms with E-state index in [1.165, 1.54) is 18.2 Å². The number of nitro benzene ring substituents is 1. The highest BCUT2D eigenvalue weighted by Gasteiger charge is 2.23. The zero-order valence-corrected chi connectivity index (χ0v) is 13.6. The molecule has 0 aromatic heterocycles. The predicted octanol–water partition coefficient (Wildman–Crippen LogP) is 2.87. The lowest BCUT2D eigenvalue weighted by Crippen LogP contribution is -2.18. The standard InChI is InChI=1S/C14H14BrNO6/c1-3-21-13(17)11(14(18)22-4-2)8-9-7-10(15)5-6-12(9)16(19)20/h5-8H,3-4H2,1-2H3. The number of benzene rings is 1. The fourth-order valence-electron chi connectivity index (χ4n) is 1.58. The lowest BCUT2D eigenvalue weighted by atomic mass is 10.1. The van der Waals surface area contributed by atoms with Crippen molar-refractivity contribution < 1.29 is 24.0 Å². The molecule has 8 heteroatoms. The van der Waals surface area contributed by atoms with E-state index in [2.05, 4.69) is 15.9 Å². The molecule has 0 amide bonds. The first-order valence-electron chi connectivity index (χ1n) is 6.40. The molecular formula is C14H14BrNO6. The quantitative estimate of drug-likeness (QED) is 0.190. The van der Waals surface area contributed by atoms with Crippen molar-refractivity contribution in [2.75, 3.05) is 13.2 Å². The molecule has 0 spiro atoms. The van der Waals surface area contributed by atoms with E-state index in [0.717, 1.165) is 6.08 Å². The van der Waals surface area contributed by atoms with Gasteiger partial charge < -0.3 is 9.47 Å². The molecule has 0 unspecified atom stereocenters. The van der Waals surface area contributed by atoms with E-state index in [4.69, 9.17) is 9.47 Å². The van der Waals surface area contributed by atoms with Gasteiger partial charge in [-0.15, -0.1) is 0 Å². The molecule has 0 atom stereocenters. The molecule has 7 nitrogen and oxygen atoms in total. The zero-order chi connectivity index (χ0) is 16.7. The number of halogens is 1. The Hall–Kier alpha value is -2.22. The second-order valence-corrected chi connectivity index (χ2v) is 4.87. The summed E-state index contributed by atoms with van der Waals surface area (Å²) >= 11 is 3.19. The van der Waals surface area contributed by atoms with E-state index >= 15 is 0 Å². The van der Waals surface area contributed by atoms with Crippen LogP contribution in [0.15, 0.2) is 28.2 Å². The normalized spacial score (nSPS) is 9.77. The van der Waals surface area contributed by atoms with Crippen LogP contribution in [0.4, 0.5) is 5.69 Å². The van der Waals surface area contributed by atoms with E-state index in [1.54, 1.807) is 13.8 Å². The molecule has 0 fully saturated rings. The van der Waals surface area contributed by atoms with Crippen LogP contribution in [0.25, 0.3) is 6.08 Å². The van der Waals surface area contributed by atoms with Crippen molar-refractivity contribution in [2.24, 2.45) is 0 Å². The van der Waals surface area contributed by atoms with Gasteiger partial charge in [-0.1, -0.05) is 15.9 Å². The SMILES string of the molecule is CCOC(=O)C(=Cc1cc(Br)ccc1[N+](=O)[O-])C(=O)OCC. The van der Waals surface area contributed by atoms with Crippen molar-refractivity contribution in [2.45, 2.75) is 13.8 Å². The second-order valence-electron chi connectivity index (χ2n) is 3.96. The second kappa shape index (κ2) is 8.28. The van der Waals surface area contributed by atoms with Crippen molar-refractivity contribution in [1.82, 2.24) is 0 Å². The number of ether oxygens (including phenoxy) is 2. The van der Waals surface area contributed by atoms with Crippen molar-refractivity contribution in [3.8, 4) is 0 Å². The minimum Gasteiger partial charge on any atom is -0.462 e. The molecule has 0 radical (unpaired) electrons. The average molecular weight is 372 g/mol. The Bertz CT molecular complexity index is 606. The molecule has 0 saturated carbocycles. The van der Waals surface area contributed by atoms with Crippen LogP contribution in [-0.2, 0) is 19.1 Å². The molecule has 1 aromatic rings. The zero-order valence-electron chi connectivity index (χ0n) is 12.0. The number of rotatable bonds is 6. The lowest BCUT2D eigenvalue weighted by Gasteiger charge is -2.07. The summed E-state index contributed by atoms with van der Waals surface area (Å²) in [5.41, 5.74) is -0.547. The Labute approximate surface area is 135 Å². The van der Waals surface area contributed by atoms with Crippen LogP contribution in [0.1, 0.15) is 19.4 Å². The molecule has 0 aliphatic heterocycles. The van der Waals surface area contributed by atoms with Gasteiger partial charge in [0.25, 0.3) is 5.69 Å². The minimum absolute atomic E-state index is 0.0656. The van der Waals surface area contributed by atoms with Gasteiger partial charge in [0.2, 0.25) is 0 Å². The van der Waals surface area contributed by atoms with Gasteiger partial charge in [-0.25, -0.2) is 9.59 Å². The molecule has 0 bridgehead atoms. The highest BCUT2D eigenvalue weighted by atomic mass is 79.9. The maximum absolute atomic E-state index is 11.9. The first-order valence-corrected chi connectivity index (χ1v) is 7.19. The van der Waals surface area contributed by atoms with E-state index < -0.39 is 22.4 Å².